The third-order valence-corrected chi connectivity index (χ3v) is 6.24. The van der Waals surface area contributed by atoms with Crippen LogP contribution < -0.4 is 4.90 Å². The van der Waals surface area contributed by atoms with Gasteiger partial charge in [-0.05, 0) is 38.1 Å². The molecule has 0 atom stereocenters. The highest BCUT2D eigenvalue weighted by atomic mass is 32.2. The molecule has 8 heteroatoms. The van der Waals surface area contributed by atoms with Gasteiger partial charge in [-0.1, -0.05) is 17.3 Å². The number of amides is 1. The fourth-order valence-electron chi connectivity index (χ4n) is 3.64. The van der Waals surface area contributed by atoms with Gasteiger partial charge in [0.25, 0.3) is 5.91 Å². The number of benzene rings is 1. The Morgan fingerprint density at radius 2 is 2.03 bits per heavy atom. The van der Waals surface area contributed by atoms with Crippen molar-refractivity contribution >= 4 is 34.7 Å². The van der Waals surface area contributed by atoms with E-state index in [1.165, 1.54) is 11.8 Å². The van der Waals surface area contributed by atoms with E-state index < -0.39 is 0 Å². The number of rotatable bonds is 4. The number of nitrogens with zero attached hydrogens (tertiary/aromatic N) is 5. The van der Waals surface area contributed by atoms with E-state index in [0.717, 1.165) is 34.6 Å². The van der Waals surface area contributed by atoms with Crippen LogP contribution in [0.5, 0.6) is 0 Å². The second-order valence-corrected chi connectivity index (χ2v) is 7.92. The number of pyridine rings is 1. The van der Waals surface area contributed by atoms with E-state index >= 15 is 0 Å². The summed E-state index contributed by atoms with van der Waals surface area (Å²) in [4.78, 5) is 24.3. The van der Waals surface area contributed by atoms with Crippen molar-refractivity contribution < 1.29 is 9.32 Å². The van der Waals surface area contributed by atoms with Crippen LogP contribution in [0.25, 0.3) is 11.0 Å². The SMILES string of the molecule is Cc1noc(C)c1CSc1ncccc1C(=O)N1CCn2c1nc1ccccc12. The lowest BCUT2D eigenvalue weighted by Gasteiger charge is -2.15. The maximum absolute atomic E-state index is 13.4. The molecule has 0 saturated heterocycles. The largest absolute Gasteiger partial charge is 0.361 e. The molecule has 0 radical (unpaired) electrons. The Kier molecular flexibility index (Phi) is 4.35. The molecular formula is C21H19N5O2S. The van der Waals surface area contributed by atoms with E-state index in [1.54, 1.807) is 17.2 Å². The van der Waals surface area contributed by atoms with Gasteiger partial charge in [0.05, 0.1) is 22.3 Å². The van der Waals surface area contributed by atoms with Crippen molar-refractivity contribution in [1.82, 2.24) is 19.7 Å². The van der Waals surface area contributed by atoms with Crippen LogP contribution in [0.3, 0.4) is 0 Å². The lowest BCUT2D eigenvalue weighted by atomic mass is 10.2. The highest BCUT2D eigenvalue weighted by Gasteiger charge is 2.30. The summed E-state index contributed by atoms with van der Waals surface area (Å²) < 4.78 is 7.34. The van der Waals surface area contributed by atoms with Crippen molar-refractivity contribution in [3.63, 3.8) is 0 Å². The standard InChI is InChI=1S/C21H19N5O2S/c1-13-16(14(2)28-24-13)12-29-19-15(6-5-9-22-19)20(27)26-11-10-25-18-8-4-3-7-17(18)23-21(25)26/h3-9H,10-12H2,1-2H3. The van der Waals surface area contributed by atoms with Crippen molar-refractivity contribution in [1.29, 1.82) is 0 Å². The zero-order chi connectivity index (χ0) is 20.0. The molecule has 1 amide bonds. The van der Waals surface area contributed by atoms with Gasteiger partial charge < -0.3 is 9.09 Å². The quantitative estimate of drug-likeness (QED) is 0.478. The number of carbonyl (C=O) groups is 1. The summed E-state index contributed by atoms with van der Waals surface area (Å²) in [5.74, 6) is 2.07. The van der Waals surface area contributed by atoms with Crippen LogP contribution in [0.1, 0.15) is 27.4 Å². The van der Waals surface area contributed by atoms with Crippen LogP contribution in [0.2, 0.25) is 0 Å². The molecule has 0 fully saturated rings. The van der Waals surface area contributed by atoms with E-state index in [4.69, 9.17) is 4.52 Å². The van der Waals surface area contributed by atoms with Gasteiger partial charge in [-0.15, -0.1) is 11.8 Å². The molecule has 0 bridgehead atoms. The van der Waals surface area contributed by atoms with Gasteiger partial charge in [0.1, 0.15) is 10.8 Å². The molecule has 7 nitrogen and oxygen atoms in total. The molecule has 4 aromatic rings. The Labute approximate surface area is 171 Å². The number of fused-ring (bicyclic) bond motifs is 3. The molecule has 3 aromatic heterocycles. The first kappa shape index (κ1) is 17.9. The number of aromatic nitrogens is 4. The molecule has 0 aliphatic carbocycles. The topological polar surface area (TPSA) is 77.0 Å². The Balaban J connectivity index is 1.45. The minimum atomic E-state index is -0.0755. The maximum Gasteiger partial charge on any atom is 0.263 e. The fourth-order valence-corrected chi connectivity index (χ4v) is 4.78. The Bertz CT molecular complexity index is 1210. The second kappa shape index (κ2) is 7.04. The lowest BCUT2D eigenvalue weighted by molar-refractivity contribution is 0.0985. The van der Waals surface area contributed by atoms with E-state index in [-0.39, 0.29) is 5.91 Å². The summed E-state index contributed by atoms with van der Waals surface area (Å²) in [5.41, 5.74) is 4.45. The average Bonchev–Trinajstić information content (AvgIpc) is 3.40. The van der Waals surface area contributed by atoms with E-state index in [2.05, 4.69) is 19.7 Å². The molecule has 1 aliphatic heterocycles. The van der Waals surface area contributed by atoms with Gasteiger partial charge in [-0.3, -0.25) is 9.69 Å². The Morgan fingerprint density at radius 1 is 1.17 bits per heavy atom. The third-order valence-electron chi connectivity index (χ3n) is 5.20. The van der Waals surface area contributed by atoms with Crippen LogP contribution >= 0.6 is 11.8 Å². The summed E-state index contributed by atoms with van der Waals surface area (Å²) in [5, 5.41) is 4.70. The van der Waals surface area contributed by atoms with Gasteiger partial charge >= 0.3 is 0 Å². The normalized spacial score (nSPS) is 13.2. The predicted molar refractivity (Wildman–Crippen MR) is 111 cm³/mol. The second-order valence-electron chi connectivity index (χ2n) is 6.96. The predicted octanol–water partition coefficient (Wildman–Crippen LogP) is 3.99. The molecular weight excluding hydrogens is 386 g/mol. The van der Waals surface area contributed by atoms with Crippen molar-refractivity contribution in [3.05, 3.63) is 65.2 Å². The molecule has 0 saturated carbocycles. The van der Waals surface area contributed by atoms with Gasteiger partial charge in [-0.25, -0.2) is 9.97 Å². The molecule has 146 valence electrons. The molecule has 29 heavy (non-hydrogen) atoms. The van der Waals surface area contributed by atoms with Crippen LogP contribution in [0, 0.1) is 13.8 Å². The minimum absolute atomic E-state index is 0.0755. The van der Waals surface area contributed by atoms with Crippen molar-refractivity contribution in [2.24, 2.45) is 0 Å². The maximum atomic E-state index is 13.4. The van der Waals surface area contributed by atoms with Gasteiger partial charge in [0, 0.05) is 30.6 Å². The average molecular weight is 405 g/mol. The van der Waals surface area contributed by atoms with Gasteiger partial charge in [-0.2, -0.15) is 0 Å². The molecule has 0 unspecified atom stereocenters. The molecule has 0 spiro atoms. The van der Waals surface area contributed by atoms with Crippen molar-refractivity contribution in [2.45, 2.75) is 31.2 Å². The molecule has 1 aliphatic rings. The van der Waals surface area contributed by atoms with Gasteiger partial charge in [0.15, 0.2) is 0 Å². The summed E-state index contributed by atoms with van der Waals surface area (Å²) in [6.07, 6.45) is 1.71. The number of thioether (sulfide) groups is 1. The minimum Gasteiger partial charge on any atom is -0.361 e. The smallest absolute Gasteiger partial charge is 0.263 e. The van der Waals surface area contributed by atoms with Crippen LogP contribution in [0.15, 0.2) is 52.1 Å². The molecule has 4 heterocycles. The summed E-state index contributed by atoms with van der Waals surface area (Å²) in [7, 11) is 0. The first-order valence-corrected chi connectivity index (χ1v) is 10.4. The highest BCUT2D eigenvalue weighted by molar-refractivity contribution is 7.98. The highest BCUT2D eigenvalue weighted by Crippen LogP contribution is 2.31. The number of aryl methyl sites for hydroxylation is 2. The van der Waals surface area contributed by atoms with E-state index in [0.29, 0.717) is 28.8 Å². The number of anilines is 1. The lowest BCUT2D eigenvalue weighted by Crippen LogP contribution is -2.30. The van der Waals surface area contributed by atoms with Gasteiger partial charge in [0.2, 0.25) is 5.95 Å². The monoisotopic (exact) mass is 405 g/mol. The zero-order valence-corrected chi connectivity index (χ0v) is 16.9. The number of imidazole rings is 1. The number of hydrogen-bond donors (Lipinski definition) is 0. The first-order valence-electron chi connectivity index (χ1n) is 9.40. The van der Waals surface area contributed by atoms with Crippen molar-refractivity contribution in [3.8, 4) is 0 Å². The van der Waals surface area contributed by atoms with E-state index in [1.807, 2.05) is 44.2 Å². The number of hydrogen-bond acceptors (Lipinski definition) is 6. The molecule has 0 N–H and O–H groups in total. The number of para-hydroxylation sites is 2. The Hall–Kier alpha value is -3.13. The summed E-state index contributed by atoms with van der Waals surface area (Å²) >= 11 is 1.52. The third kappa shape index (κ3) is 3.00. The first-order chi connectivity index (χ1) is 14.1. The van der Waals surface area contributed by atoms with E-state index in [9.17, 15) is 4.79 Å². The fraction of sp³-hybridized carbons (Fsp3) is 0.238. The summed E-state index contributed by atoms with van der Waals surface area (Å²) in [6, 6.07) is 11.6. The molecule has 1 aromatic carbocycles. The van der Waals surface area contributed by atoms with Crippen LogP contribution in [-0.2, 0) is 12.3 Å². The van der Waals surface area contributed by atoms with Crippen molar-refractivity contribution in [2.75, 3.05) is 11.4 Å². The van der Waals surface area contributed by atoms with Crippen LogP contribution in [-0.4, -0.2) is 32.1 Å². The zero-order valence-electron chi connectivity index (χ0n) is 16.1. The van der Waals surface area contributed by atoms with Crippen LogP contribution in [0.4, 0.5) is 5.95 Å². The summed E-state index contributed by atoms with van der Waals surface area (Å²) in [6.45, 7) is 5.17. The Morgan fingerprint density at radius 3 is 2.86 bits per heavy atom. The molecule has 5 rings (SSSR count). The number of carbonyl (C=O) groups excluding carboxylic acids is 1.